The van der Waals surface area contributed by atoms with Crippen LogP contribution in [0.15, 0.2) is 36.4 Å². The van der Waals surface area contributed by atoms with E-state index in [4.69, 9.17) is 19.3 Å². The van der Waals surface area contributed by atoms with E-state index in [1.165, 1.54) is 0 Å². The van der Waals surface area contributed by atoms with Crippen molar-refractivity contribution in [1.29, 1.82) is 0 Å². The van der Waals surface area contributed by atoms with E-state index in [-0.39, 0.29) is 38.6 Å². The van der Waals surface area contributed by atoms with Gasteiger partial charge in [0, 0.05) is 12.0 Å². The number of fused-ring (bicyclic) bond motifs is 2. The number of hydrogen-bond acceptors (Lipinski definition) is 6. The number of Topliss-reactive ketones (excluding diaryl/α,β-unsaturated/α-hetero) is 1. The summed E-state index contributed by atoms with van der Waals surface area (Å²) >= 11 is 0. The molecule has 3 rings (SSSR count). The zero-order chi connectivity index (χ0) is 20.1. The average molecular weight is 384 g/mol. The van der Waals surface area contributed by atoms with Crippen molar-refractivity contribution in [1.82, 2.24) is 0 Å². The first-order valence-electron chi connectivity index (χ1n) is 9.29. The summed E-state index contributed by atoms with van der Waals surface area (Å²) in [5.74, 6) is 0.214. The van der Waals surface area contributed by atoms with Crippen molar-refractivity contribution < 1.29 is 28.9 Å². The Bertz CT molecular complexity index is 873. The highest BCUT2D eigenvalue weighted by atomic mass is 16.6. The second-order valence-electron chi connectivity index (χ2n) is 6.79. The Hall–Kier alpha value is -2.70. The number of aryl methyl sites for hydroxylation is 1. The van der Waals surface area contributed by atoms with Crippen LogP contribution in [-0.2, 0) is 20.7 Å². The molecule has 0 radical (unpaired) electrons. The van der Waals surface area contributed by atoms with Crippen molar-refractivity contribution in [3.8, 4) is 11.5 Å². The predicted octanol–water partition coefficient (Wildman–Crippen LogP) is 3.18. The molecule has 0 fully saturated rings. The molecule has 6 nitrogen and oxygen atoms in total. The zero-order valence-electron chi connectivity index (χ0n) is 16.1. The number of esters is 1. The molecule has 1 N–H and O–H groups in total. The second kappa shape index (κ2) is 8.99. The summed E-state index contributed by atoms with van der Waals surface area (Å²) in [6.45, 7) is 4.20. The van der Waals surface area contributed by atoms with E-state index >= 15 is 0 Å². The van der Waals surface area contributed by atoms with Crippen LogP contribution < -0.4 is 4.74 Å². The Morgan fingerprint density at radius 3 is 2.71 bits per heavy atom. The van der Waals surface area contributed by atoms with Gasteiger partial charge in [0.25, 0.3) is 0 Å². The molecule has 2 aromatic rings. The maximum atomic E-state index is 12.8. The van der Waals surface area contributed by atoms with Crippen LogP contribution in [-0.4, -0.2) is 43.3 Å². The number of carbonyl (C=O) groups is 2. The minimum absolute atomic E-state index is 0.0424. The van der Waals surface area contributed by atoms with Crippen molar-refractivity contribution in [3.05, 3.63) is 58.7 Å². The van der Waals surface area contributed by atoms with E-state index in [0.29, 0.717) is 22.6 Å². The molecule has 0 saturated carbocycles. The Balaban J connectivity index is 1.73. The number of aliphatic hydroxyl groups excluding tert-OH is 1. The van der Waals surface area contributed by atoms with Crippen molar-refractivity contribution >= 4 is 11.8 Å². The molecule has 0 spiro atoms. The maximum absolute atomic E-state index is 12.8. The average Bonchev–Trinajstić information content (AvgIpc) is 2.82. The summed E-state index contributed by atoms with van der Waals surface area (Å²) in [6.07, 6.45) is 0.258. The van der Waals surface area contributed by atoms with Gasteiger partial charge in [-0.2, -0.15) is 0 Å². The highest BCUT2D eigenvalue weighted by Crippen LogP contribution is 2.35. The van der Waals surface area contributed by atoms with E-state index in [1.807, 2.05) is 25.1 Å². The molecule has 1 atom stereocenters. The number of benzene rings is 2. The lowest BCUT2D eigenvalue weighted by molar-refractivity contribution is -0.146. The van der Waals surface area contributed by atoms with Crippen LogP contribution in [0.25, 0.3) is 0 Å². The van der Waals surface area contributed by atoms with Gasteiger partial charge in [-0.25, -0.2) is 0 Å². The van der Waals surface area contributed by atoms with Crippen LogP contribution in [0.5, 0.6) is 11.5 Å². The van der Waals surface area contributed by atoms with Gasteiger partial charge in [0.15, 0.2) is 5.78 Å². The van der Waals surface area contributed by atoms with Gasteiger partial charge in [0.2, 0.25) is 0 Å². The fourth-order valence-electron chi connectivity index (χ4n) is 3.09. The molecule has 0 aliphatic carbocycles. The first kappa shape index (κ1) is 20.0. The number of rotatable bonds is 7. The van der Waals surface area contributed by atoms with E-state index < -0.39 is 11.9 Å². The molecule has 1 heterocycles. The summed E-state index contributed by atoms with van der Waals surface area (Å²) in [5, 5.41) is 8.65. The first-order chi connectivity index (χ1) is 13.5. The molecule has 0 saturated heterocycles. The third kappa shape index (κ3) is 4.58. The molecule has 1 unspecified atom stereocenters. The van der Waals surface area contributed by atoms with Gasteiger partial charge in [-0.3, -0.25) is 9.59 Å². The summed E-state index contributed by atoms with van der Waals surface area (Å²) in [6, 6.07) is 11.0. The molecule has 28 heavy (non-hydrogen) atoms. The smallest absolute Gasteiger partial charge is 0.313 e. The SMILES string of the molecule is Cc1ccc2c(c1)CC(=O)c1cc(C(C)C(=O)OCCOCCO)ccc1O2. The minimum Gasteiger partial charge on any atom is -0.463 e. The van der Waals surface area contributed by atoms with E-state index in [1.54, 1.807) is 25.1 Å². The summed E-state index contributed by atoms with van der Waals surface area (Å²) < 4.78 is 16.2. The predicted molar refractivity (Wildman–Crippen MR) is 103 cm³/mol. The van der Waals surface area contributed by atoms with Crippen LogP contribution in [0.2, 0.25) is 0 Å². The van der Waals surface area contributed by atoms with Gasteiger partial charge in [0.1, 0.15) is 18.1 Å². The maximum Gasteiger partial charge on any atom is 0.313 e. The number of aliphatic hydroxyl groups is 1. The summed E-state index contributed by atoms with van der Waals surface area (Å²) in [4.78, 5) is 25.0. The van der Waals surface area contributed by atoms with Gasteiger partial charge in [-0.05, 0) is 37.6 Å². The Morgan fingerprint density at radius 2 is 1.93 bits per heavy atom. The Labute approximate surface area is 164 Å². The molecule has 148 valence electrons. The largest absolute Gasteiger partial charge is 0.463 e. The first-order valence-corrected chi connectivity index (χ1v) is 9.29. The summed E-state index contributed by atoms with van der Waals surface area (Å²) in [5.41, 5.74) is 3.09. The Morgan fingerprint density at radius 1 is 1.14 bits per heavy atom. The molecule has 2 aromatic carbocycles. The van der Waals surface area contributed by atoms with Gasteiger partial charge in [0.05, 0.1) is 31.3 Å². The normalized spacial score (nSPS) is 13.8. The number of ketones is 1. The highest BCUT2D eigenvalue weighted by molar-refractivity contribution is 6.01. The molecular weight excluding hydrogens is 360 g/mol. The fraction of sp³-hybridized carbons (Fsp3) is 0.364. The number of ether oxygens (including phenoxy) is 3. The molecule has 1 aliphatic rings. The quantitative estimate of drug-likeness (QED) is 0.583. The topological polar surface area (TPSA) is 82.1 Å². The van der Waals surface area contributed by atoms with E-state index in [0.717, 1.165) is 11.1 Å². The van der Waals surface area contributed by atoms with Gasteiger partial charge in [-0.15, -0.1) is 0 Å². The highest BCUT2D eigenvalue weighted by Gasteiger charge is 2.24. The molecule has 0 bridgehead atoms. The standard InChI is InChI=1S/C22H24O6/c1-14-3-5-20-17(11-14)13-19(24)18-12-16(4-6-21(18)28-20)15(2)22(25)27-10-9-26-8-7-23/h3-6,11-12,15,23H,7-10,13H2,1-2H3. The van der Waals surface area contributed by atoms with E-state index in [2.05, 4.69) is 0 Å². The lowest BCUT2D eigenvalue weighted by Crippen LogP contribution is -2.17. The molecule has 1 aliphatic heterocycles. The van der Waals surface area contributed by atoms with Crippen molar-refractivity contribution in [2.45, 2.75) is 26.2 Å². The number of hydrogen-bond donors (Lipinski definition) is 1. The third-order valence-corrected chi connectivity index (χ3v) is 4.65. The molecule has 0 aromatic heterocycles. The lowest BCUT2D eigenvalue weighted by atomic mass is 9.95. The third-order valence-electron chi connectivity index (χ3n) is 4.65. The van der Waals surface area contributed by atoms with Crippen LogP contribution in [0.3, 0.4) is 0 Å². The zero-order valence-corrected chi connectivity index (χ0v) is 16.1. The van der Waals surface area contributed by atoms with Crippen LogP contribution in [0, 0.1) is 6.92 Å². The number of carbonyl (C=O) groups excluding carboxylic acids is 2. The fourth-order valence-corrected chi connectivity index (χ4v) is 3.09. The Kier molecular flexibility index (Phi) is 6.44. The summed E-state index contributed by atoms with van der Waals surface area (Å²) in [7, 11) is 0. The van der Waals surface area contributed by atoms with E-state index in [9.17, 15) is 9.59 Å². The van der Waals surface area contributed by atoms with Gasteiger partial charge in [-0.1, -0.05) is 23.8 Å². The van der Waals surface area contributed by atoms with Crippen molar-refractivity contribution in [2.75, 3.05) is 26.4 Å². The van der Waals surface area contributed by atoms with Crippen LogP contribution in [0.4, 0.5) is 0 Å². The van der Waals surface area contributed by atoms with Crippen molar-refractivity contribution in [3.63, 3.8) is 0 Å². The molecular formula is C22H24O6. The van der Waals surface area contributed by atoms with Gasteiger partial charge < -0.3 is 19.3 Å². The monoisotopic (exact) mass is 384 g/mol. The minimum atomic E-state index is -0.524. The lowest BCUT2D eigenvalue weighted by Gasteiger charge is -2.14. The van der Waals surface area contributed by atoms with Crippen molar-refractivity contribution in [2.24, 2.45) is 0 Å². The molecule has 0 amide bonds. The van der Waals surface area contributed by atoms with Gasteiger partial charge >= 0.3 is 5.97 Å². The molecule has 6 heteroatoms. The van der Waals surface area contributed by atoms with Crippen LogP contribution >= 0.6 is 0 Å². The second-order valence-corrected chi connectivity index (χ2v) is 6.79. The van der Waals surface area contributed by atoms with Crippen LogP contribution in [0.1, 0.15) is 39.9 Å².